The van der Waals surface area contributed by atoms with E-state index in [2.05, 4.69) is 5.32 Å². The number of rotatable bonds is 2. The molecule has 0 radical (unpaired) electrons. The fourth-order valence-corrected chi connectivity index (χ4v) is 1.25. The lowest BCUT2D eigenvalue weighted by Crippen LogP contribution is -2.14. The number of benzene rings is 1. The molecule has 88 valence electrons. The van der Waals surface area contributed by atoms with Crippen molar-refractivity contribution in [2.45, 2.75) is 19.1 Å². The SMILES string of the molecule is CC(C#N)Nc1ccc(C#N)c(C(F)(F)F)c1. The maximum absolute atomic E-state index is 12.6. The Morgan fingerprint density at radius 1 is 1.29 bits per heavy atom. The Hall–Kier alpha value is -2.21. The molecule has 17 heavy (non-hydrogen) atoms. The van der Waals surface area contributed by atoms with Crippen LogP contribution in [0.25, 0.3) is 0 Å². The van der Waals surface area contributed by atoms with E-state index in [1.165, 1.54) is 19.1 Å². The molecular weight excluding hydrogens is 231 g/mol. The minimum absolute atomic E-state index is 0.158. The molecule has 1 unspecified atom stereocenters. The van der Waals surface area contributed by atoms with Crippen molar-refractivity contribution in [2.75, 3.05) is 5.32 Å². The van der Waals surface area contributed by atoms with Gasteiger partial charge in [0.2, 0.25) is 0 Å². The van der Waals surface area contributed by atoms with Crippen LogP contribution in [-0.2, 0) is 6.18 Å². The Labute approximate surface area is 96.1 Å². The first-order valence-corrected chi connectivity index (χ1v) is 4.66. The second kappa shape index (κ2) is 4.75. The molecule has 0 heterocycles. The Morgan fingerprint density at radius 3 is 2.41 bits per heavy atom. The van der Waals surface area contributed by atoms with Gasteiger partial charge in [0.05, 0.1) is 23.3 Å². The van der Waals surface area contributed by atoms with Crippen LogP contribution in [0, 0.1) is 22.7 Å². The summed E-state index contributed by atoms with van der Waals surface area (Å²) in [6, 6.07) is 5.96. The summed E-state index contributed by atoms with van der Waals surface area (Å²) < 4.78 is 37.8. The molecule has 6 heteroatoms. The lowest BCUT2D eigenvalue weighted by Gasteiger charge is -2.13. The maximum atomic E-state index is 12.6. The monoisotopic (exact) mass is 239 g/mol. The summed E-state index contributed by atoms with van der Waals surface area (Å²) >= 11 is 0. The van der Waals surface area contributed by atoms with E-state index in [-0.39, 0.29) is 5.69 Å². The fraction of sp³-hybridized carbons (Fsp3) is 0.273. The van der Waals surface area contributed by atoms with E-state index < -0.39 is 23.3 Å². The third kappa shape index (κ3) is 3.12. The standard InChI is InChI=1S/C11H8F3N3/c1-7(5-15)17-9-3-2-8(6-16)10(4-9)11(12,13)14/h2-4,7,17H,1H3. The van der Waals surface area contributed by atoms with Gasteiger partial charge in [0, 0.05) is 5.69 Å². The largest absolute Gasteiger partial charge is 0.417 e. The van der Waals surface area contributed by atoms with E-state index in [9.17, 15) is 13.2 Å². The van der Waals surface area contributed by atoms with Crippen molar-refractivity contribution in [3.63, 3.8) is 0 Å². The zero-order valence-corrected chi connectivity index (χ0v) is 8.84. The first-order chi connectivity index (χ1) is 7.88. The first-order valence-electron chi connectivity index (χ1n) is 4.66. The third-order valence-corrected chi connectivity index (χ3v) is 2.02. The summed E-state index contributed by atoms with van der Waals surface area (Å²) in [5.41, 5.74) is -1.28. The number of anilines is 1. The Bertz CT molecular complexity index is 494. The summed E-state index contributed by atoms with van der Waals surface area (Å²) in [5, 5.41) is 19.7. The number of hydrogen-bond acceptors (Lipinski definition) is 3. The molecule has 1 rings (SSSR count). The minimum atomic E-state index is -4.58. The van der Waals surface area contributed by atoms with Crippen LogP contribution in [0.4, 0.5) is 18.9 Å². The van der Waals surface area contributed by atoms with Crippen molar-refractivity contribution in [3.8, 4) is 12.1 Å². The molecule has 0 aromatic heterocycles. The quantitative estimate of drug-likeness (QED) is 0.863. The number of nitriles is 2. The molecule has 1 aromatic rings. The summed E-state index contributed by atoms with van der Waals surface area (Å²) in [7, 11) is 0. The Balaban J connectivity index is 3.16. The maximum Gasteiger partial charge on any atom is 0.417 e. The van der Waals surface area contributed by atoms with E-state index in [4.69, 9.17) is 10.5 Å². The summed E-state index contributed by atoms with van der Waals surface area (Å²) in [6.45, 7) is 1.52. The molecule has 3 nitrogen and oxygen atoms in total. The summed E-state index contributed by atoms with van der Waals surface area (Å²) in [6.07, 6.45) is -4.58. The normalized spacial score (nSPS) is 12.4. The van der Waals surface area contributed by atoms with Crippen LogP contribution < -0.4 is 5.32 Å². The average Bonchev–Trinajstić information content (AvgIpc) is 2.27. The number of hydrogen-bond donors (Lipinski definition) is 1. The van der Waals surface area contributed by atoms with Crippen LogP contribution in [-0.4, -0.2) is 6.04 Å². The number of alkyl halides is 3. The van der Waals surface area contributed by atoms with Gasteiger partial charge in [-0.3, -0.25) is 0 Å². The van der Waals surface area contributed by atoms with E-state index in [1.54, 1.807) is 0 Å². The second-order valence-corrected chi connectivity index (χ2v) is 3.37. The van der Waals surface area contributed by atoms with Crippen molar-refractivity contribution < 1.29 is 13.2 Å². The van der Waals surface area contributed by atoms with Gasteiger partial charge in [0.1, 0.15) is 6.04 Å². The summed E-state index contributed by atoms with van der Waals surface area (Å²) in [4.78, 5) is 0. The van der Waals surface area contributed by atoms with Crippen LogP contribution in [0.2, 0.25) is 0 Å². The molecule has 0 fully saturated rings. The smallest absolute Gasteiger partial charge is 0.370 e. The highest BCUT2D eigenvalue weighted by Crippen LogP contribution is 2.33. The predicted molar refractivity (Wildman–Crippen MR) is 54.9 cm³/mol. The molecule has 1 atom stereocenters. The van der Waals surface area contributed by atoms with Gasteiger partial charge in [-0.2, -0.15) is 23.7 Å². The molecule has 0 aliphatic heterocycles. The van der Waals surface area contributed by atoms with Crippen molar-refractivity contribution in [1.29, 1.82) is 10.5 Å². The van der Waals surface area contributed by atoms with Crippen molar-refractivity contribution in [3.05, 3.63) is 29.3 Å². The van der Waals surface area contributed by atoms with E-state index in [1.807, 2.05) is 6.07 Å². The van der Waals surface area contributed by atoms with Crippen LogP contribution in [0.1, 0.15) is 18.1 Å². The van der Waals surface area contributed by atoms with Crippen LogP contribution in [0.3, 0.4) is 0 Å². The van der Waals surface area contributed by atoms with Crippen LogP contribution in [0.5, 0.6) is 0 Å². The fourth-order valence-electron chi connectivity index (χ4n) is 1.25. The van der Waals surface area contributed by atoms with Gasteiger partial charge in [0.25, 0.3) is 0 Å². The Kier molecular flexibility index (Phi) is 3.59. The molecule has 1 N–H and O–H groups in total. The molecule has 1 aromatic carbocycles. The van der Waals surface area contributed by atoms with Gasteiger partial charge < -0.3 is 5.32 Å². The molecule has 0 spiro atoms. The van der Waals surface area contributed by atoms with Crippen LogP contribution >= 0.6 is 0 Å². The van der Waals surface area contributed by atoms with E-state index >= 15 is 0 Å². The highest BCUT2D eigenvalue weighted by molar-refractivity contribution is 5.54. The third-order valence-electron chi connectivity index (χ3n) is 2.02. The Morgan fingerprint density at radius 2 is 1.94 bits per heavy atom. The van der Waals surface area contributed by atoms with Crippen molar-refractivity contribution >= 4 is 5.69 Å². The number of nitrogens with zero attached hydrogens (tertiary/aromatic N) is 2. The highest BCUT2D eigenvalue weighted by Gasteiger charge is 2.33. The van der Waals surface area contributed by atoms with Gasteiger partial charge in [-0.05, 0) is 25.1 Å². The molecule has 0 saturated heterocycles. The van der Waals surface area contributed by atoms with Gasteiger partial charge >= 0.3 is 6.18 Å². The minimum Gasteiger partial charge on any atom is -0.370 e. The predicted octanol–water partition coefficient (Wildman–Crippen LogP) is 2.90. The topological polar surface area (TPSA) is 59.6 Å². The highest BCUT2D eigenvalue weighted by atomic mass is 19.4. The molecule has 0 aliphatic carbocycles. The zero-order chi connectivity index (χ0) is 13.1. The van der Waals surface area contributed by atoms with Gasteiger partial charge in [-0.1, -0.05) is 0 Å². The average molecular weight is 239 g/mol. The number of halogens is 3. The van der Waals surface area contributed by atoms with E-state index in [0.717, 1.165) is 12.1 Å². The van der Waals surface area contributed by atoms with Gasteiger partial charge in [-0.15, -0.1) is 0 Å². The molecule has 0 amide bonds. The van der Waals surface area contributed by atoms with Crippen molar-refractivity contribution in [1.82, 2.24) is 0 Å². The summed E-state index contributed by atoms with van der Waals surface area (Å²) in [5.74, 6) is 0. The van der Waals surface area contributed by atoms with E-state index in [0.29, 0.717) is 0 Å². The number of nitrogens with one attached hydrogen (secondary N) is 1. The molecule has 0 saturated carbocycles. The first kappa shape index (κ1) is 12.9. The van der Waals surface area contributed by atoms with Crippen molar-refractivity contribution in [2.24, 2.45) is 0 Å². The second-order valence-electron chi connectivity index (χ2n) is 3.37. The molecule has 0 bridgehead atoms. The lowest BCUT2D eigenvalue weighted by molar-refractivity contribution is -0.137. The zero-order valence-electron chi connectivity index (χ0n) is 8.84. The molecule has 0 aliphatic rings. The molecular formula is C11H8F3N3. The lowest BCUT2D eigenvalue weighted by atomic mass is 10.1. The van der Waals surface area contributed by atoms with Crippen LogP contribution in [0.15, 0.2) is 18.2 Å². The van der Waals surface area contributed by atoms with Gasteiger partial charge in [-0.25, -0.2) is 0 Å². The van der Waals surface area contributed by atoms with Gasteiger partial charge in [0.15, 0.2) is 0 Å².